The molecular formula is C10H9NOS. The molecule has 2 aromatic rings. The number of ether oxygens (including phenoxy) is 1. The fourth-order valence-corrected chi connectivity index (χ4v) is 1.59. The van der Waals surface area contributed by atoms with E-state index in [1.165, 1.54) is 0 Å². The van der Waals surface area contributed by atoms with Gasteiger partial charge in [-0.05, 0) is 29.6 Å². The third-order valence-corrected chi connectivity index (χ3v) is 2.37. The van der Waals surface area contributed by atoms with E-state index in [2.05, 4.69) is 0 Å². The highest BCUT2D eigenvalue weighted by Gasteiger charge is 2.00. The van der Waals surface area contributed by atoms with Crippen molar-refractivity contribution in [3.63, 3.8) is 0 Å². The van der Waals surface area contributed by atoms with E-state index in [1.807, 2.05) is 41.8 Å². The zero-order valence-electron chi connectivity index (χ0n) is 6.94. The van der Waals surface area contributed by atoms with Crippen LogP contribution in [0.3, 0.4) is 0 Å². The lowest BCUT2D eigenvalue weighted by Crippen LogP contribution is -1.89. The van der Waals surface area contributed by atoms with Crippen molar-refractivity contribution in [1.29, 1.82) is 0 Å². The third kappa shape index (κ3) is 1.81. The van der Waals surface area contributed by atoms with Crippen molar-refractivity contribution in [3.05, 3.63) is 41.8 Å². The van der Waals surface area contributed by atoms with Crippen LogP contribution in [0.25, 0.3) is 0 Å². The van der Waals surface area contributed by atoms with E-state index < -0.39 is 0 Å². The molecule has 0 radical (unpaired) electrons. The molecule has 13 heavy (non-hydrogen) atoms. The molecule has 2 rings (SSSR count). The van der Waals surface area contributed by atoms with Crippen LogP contribution in [0.1, 0.15) is 0 Å². The van der Waals surface area contributed by atoms with Crippen molar-refractivity contribution in [1.82, 2.24) is 0 Å². The van der Waals surface area contributed by atoms with Crippen LogP contribution >= 0.6 is 11.3 Å². The second-order valence-electron chi connectivity index (χ2n) is 2.57. The fraction of sp³-hybridized carbons (Fsp3) is 0. The van der Waals surface area contributed by atoms with Gasteiger partial charge in [0, 0.05) is 0 Å². The number of para-hydroxylation sites is 2. The number of rotatable bonds is 2. The van der Waals surface area contributed by atoms with Crippen LogP contribution in [0, 0.1) is 0 Å². The van der Waals surface area contributed by atoms with E-state index in [9.17, 15) is 0 Å². The summed E-state index contributed by atoms with van der Waals surface area (Å²) in [6, 6.07) is 11.3. The van der Waals surface area contributed by atoms with Crippen molar-refractivity contribution in [2.24, 2.45) is 0 Å². The number of thiophene rings is 1. The Kier molecular flexibility index (Phi) is 2.19. The summed E-state index contributed by atoms with van der Waals surface area (Å²) < 4.78 is 5.54. The lowest BCUT2D eigenvalue weighted by Gasteiger charge is -2.04. The van der Waals surface area contributed by atoms with Gasteiger partial charge in [0.2, 0.25) is 0 Å². The van der Waals surface area contributed by atoms with Crippen LogP contribution < -0.4 is 10.5 Å². The molecule has 1 aromatic carbocycles. The maximum atomic E-state index is 5.72. The first-order chi connectivity index (χ1) is 6.36. The molecule has 0 spiro atoms. The monoisotopic (exact) mass is 191 g/mol. The average molecular weight is 191 g/mol. The molecule has 0 fully saturated rings. The smallest absolute Gasteiger partial charge is 0.181 e. The summed E-state index contributed by atoms with van der Waals surface area (Å²) in [7, 11) is 0. The highest BCUT2D eigenvalue weighted by Crippen LogP contribution is 2.29. The number of hydrogen-bond donors (Lipinski definition) is 1. The number of benzene rings is 1. The van der Waals surface area contributed by atoms with E-state index in [4.69, 9.17) is 10.5 Å². The first-order valence-electron chi connectivity index (χ1n) is 3.92. The minimum absolute atomic E-state index is 0.663. The molecule has 0 saturated carbocycles. The Morgan fingerprint density at radius 1 is 1.08 bits per heavy atom. The Morgan fingerprint density at radius 3 is 2.62 bits per heavy atom. The first kappa shape index (κ1) is 8.13. The molecule has 1 aromatic heterocycles. The number of hydrogen-bond acceptors (Lipinski definition) is 3. The van der Waals surface area contributed by atoms with E-state index in [1.54, 1.807) is 11.3 Å². The summed E-state index contributed by atoms with van der Waals surface area (Å²) in [5.74, 6) is 0.713. The minimum Gasteiger partial charge on any atom is -0.445 e. The molecule has 0 aliphatic rings. The van der Waals surface area contributed by atoms with E-state index in [-0.39, 0.29) is 0 Å². The second-order valence-corrected chi connectivity index (χ2v) is 3.48. The Bertz CT molecular complexity index is 384. The van der Waals surface area contributed by atoms with Gasteiger partial charge in [-0.15, -0.1) is 11.3 Å². The van der Waals surface area contributed by atoms with Gasteiger partial charge in [-0.2, -0.15) is 0 Å². The largest absolute Gasteiger partial charge is 0.445 e. The van der Waals surface area contributed by atoms with Gasteiger partial charge >= 0.3 is 0 Å². The van der Waals surface area contributed by atoms with Gasteiger partial charge in [0.15, 0.2) is 10.8 Å². The SMILES string of the molecule is Nc1ccccc1Oc1cccs1. The van der Waals surface area contributed by atoms with E-state index >= 15 is 0 Å². The second kappa shape index (κ2) is 3.49. The quantitative estimate of drug-likeness (QED) is 0.740. The molecule has 66 valence electrons. The predicted octanol–water partition coefficient (Wildman–Crippen LogP) is 3.12. The molecule has 0 aliphatic carbocycles. The van der Waals surface area contributed by atoms with Gasteiger partial charge in [0.1, 0.15) is 0 Å². The summed E-state index contributed by atoms with van der Waals surface area (Å²) in [4.78, 5) is 0. The summed E-state index contributed by atoms with van der Waals surface area (Å²) in [6.45, 7) is 0. The van der Waals surface area contributed by atoms with Gasteiger partial charge in [-0.1, -0.05) is 12.1 Å². The van der Waals surface area contributed by atoms with Crippen LogP contribution in [0.4, 0.5) is 5.69 Å². The van der Waals surface area contributed by atoms with Crippen LogP contribution in [0.15, 0.2) is 41.8 Å². The molecule has 0 atom stereocenters. The maximum Gasteiger partial charge on any atom is 0.181 e. The topological polar surface area (TPSA) is 35.2 Å². The standard InChI is InChI=1S/C10H9NOS/c11-8-4-1-2-5-9(8)12-10-6-3-7-13-10/h1-7H,11H2. The Balaban J connectivity index is 2.24. The normalized spacial score (nSPS) is 9.85. The zero-order chi connectivity index (χ0) is 9.10. The molecule has 2 N–H and O–H groups in total. The summed E-state index contributed by atoms with van der Waals surface area (Å²) >= 11 is 1.55. The Hall–Kier alpha value is -1.48. The van der Waals surface area contributed by atoms with Gasteiger partial charge in [0.25, 0.3) is 0 Å². The van der Waals surface area contributed by atoms with E-state index in [0.717, 1.165) is 5.06 Å². The zero-order valence-corrected chi connectivity index (χ0v) is 7.75. The van der Waals surface area contributed by atoms with Crippen LogP contribution in [-0.4, -0.2) is 0 Å². The molecule has 0 saturated heterocycles. The van der Waals surface area contributed by atoms with Crippen molar-refractivity contribution in [2.45, 2.75) is 0 Å². The number of nitrogen functional groups attached to an aromatic ring is 1. The van der Waals surface area contributed by atoms with Crippen LogP contribution in [0.5, 0.6) is 10.8 Å². The molecule has 1 heterocycles. The van der Waals surface area contributed by atoms with Crippen LogP contribution in [0.2, 0.25) is 0 Å². The Labute approximate surface area is 80.6 Å². The average Bonchev–Trinajstić information content (AvgIpc) is 2.61. The third-order valence-electron chi connectivity index (χ3n) is 1.62. The molecule has 2 nitrogen and oxygen atoms in total. The van der Waals surface area contributed by atoms with Gasteiger partial charge in [-0.3, -0.25) is 0 Å². The molecule has 0 bridgehead atoms. The highest BCUT2D eigenvalue weighted by molar-refractivity contribution is 7.11. The minimum atomic E-state index is 0.663. The highest BCUT2D eigenvalue weighted by atomic mass is 32.1. The molecule has 0 amide bonds. The molecule has 0 aliphatic heterocycles. The fourth-order valence-electron chi connectivity index (χ4n) is 1.00. The Morgan fingerprint density at radius 2 is 1.92 bits per heavy atom. The van der Waals surface area contributed by atoms with E-state index in [0.29, 0.717) is 11.4 Å². The summed E-state index contributed by atoms with van der Waals surface area (Å²) in [5.41, 5.74) is 6.38. The summed E-state index contributed by atoms with van der Waals surface area (Å²) in [6.07, 6.45) is 0. The van der Waals surface area contributed by atoms with Crippen molar-refractivity contribution in [2.75, 3.05) is 5.73 Å². The first-order valence-corrected chi connectivity index (χ1v) is 4.80. The lowest BCUT2D eigenvalue weighted by molar-refractivity contribution is 0.499. The lowest BCUT2D eigenvalue weighted by atomic mass is 10.3. The van der Waals surface area contributed by atoms with Crippen LogP contribution in [-0.2, 0) is 0 Å². The maximum absolute atomic E-state index is 5.72. The van der Waals surface area contributed by atoms with Gasteiger partial charge in [0.05, 0.1) is 5.69 Å². The van der Waals surface area contributed by atoms with Crippen molar-refractivity contribution in [3.8, 4) is 10.8 Å². The number of nitrogens with two attached hydrogens (primary N) is 1. The molecule has 0 unspecified atom stereocenters. The van der Waals surface area contributed by atoms with Crippen molar-refractivity contribution >= 4 is 17.0 Å². The van der Waals surface area contributed by atoms with Gasteiger partial charge < -0.3 is 10.5 Å². The van der Waals surface area contributed by atoms with Crippen molar-refractivity contribution < 1.29 is 4.74 Å². The molecular weight excluding hydrogens is 182 g/mol. The predicted molar refractivity (Wildman–Crippen MR) is 55.2 cm³/mol. The molecule has 3 heteroatoms. The van der Waals surface area contributed by atoms with Gasteiger partial charge in [-0.25, -0.2) is 0 Å². The summed E-state index contributed by atoms with van der Waals surface area (Å²) in [5, 5.41) is 2.83. The number of anilines is 1.